The van der Waals surface area contributed by atoms with Crippen LogP contribution in [0.4, 0.5) is 4.39 Å². The van der Waals surface area contributed by atoms with E-state index < -0.39 is 11.9 Å². The Bertz CT molecular complexity index is 499. The smallest absolute Gasteiger partial charge is 0.146 e. The highest BCUT2D eigenvalue weighted by atomic mass is 19.1. The third-order valence-corrected chi connectivity index (χ3v) is 2.34. The van der Waals surface area contributed by atoms with Crippen LogP contribution in [-0.4, -0.2) is 9.97 Å². The van der Waals surface area contributed by atoms with Crippen molar-refractivity contribution in [2.75, 3.05) is 0 Å². The highest BCUT2D eigenvalue weighted by Crippen LogP contribution is 2.19. The zero-order valence-electron chi connectivity index (χ0n) is 8.89. The van der Waals surface area contributed by atoms with Crippen molar-refractivity contribution < 1.29 is 4.39 Å². The van der Waals surface area contributed by atoms with E-state index in [0.717, 1.165) is 11.1 Å². The lowest BCUT2D eigenvalue weighted by Gasteiger charge is -2.12. The molecule has 0 bridgehead atoms. The highest BCUT2D eigenvalue weighted by Gasteiger charge is 2.14. The first-order chi connectivity index (χ1) is 7.68. The molecule has 0 radical (unpaired) electrons. The van der Waals surface area contributed by atoms with E-state index in [-0.39, 0.29) is 5.69 Å². The first kappa shape index (κ1) is 10.7. The molecule has 3 nitrogen and oxygen atoms in total. The van der Waals surface area contributed by atoms with Gasteiger partial charge in [-0.3, -0.25) is 9.97 Å². The van der Waals surface area contributed by atoms with Crippen molar-refractivity contribution >= 4 is 0 Å². The minimum absolute atomic E-state index is 0.245. The monoisotopic (exact) mass is 217 g/mol. The lowest BCUT2D eigenvalue weighted by molar-refractivity contribution is 0.586. The second-order valence-corrected chi connectivity index (χ2v) is 3.64. The fourth-order valence-electron chi connectivity index (χ4n) is 1.53. The van der Waals surface area contributed by atoms with Gasteiger partial charge in [-0.15, -0.1) is 0 Å². The number of aromatic nitrogens is 2. The third kappa shape index (κ3) is 2.06. The number of rotatable bonds is 2. The number of aryl methyl sites for hydroxylation is 1. The van der Waals surface area contributed by atoms with E-state index in [1.165, 1.54) is 12.3 Å². The molecule has 2 N–H and O–H groups in total. The number of hydrogen-bond acceptors (Lipinski definition) is 3. The van der Waals surface area contributed by atoms with Crippen LogP contribution < -0.4 is 5.73 Å². The maximum atomic E-state index is 13.5. The molecule has 0 amide bonds. The summed E-state index contributed by atoms with van der Waals surface area (Å²) in [5.74, 6) is -0.392. The van der Waals surface area contributed by atoms with E-state index in [4.69, 9.17) is 5.73 Å². The Morgan fingerprint density at radius 2 is 2.19 bits per heavy atom. The van der Waals surface area contributed by atoms with Gasteiger partial charge >= 0.3 is 0 Å². The Hall–Kier alpha value is -1.81. The number of halogens is 1. The van der Waals surface area contributed by atoms with E-state index in [1.54, 1.807) is 18.5 Å². The van der Waals surface area contributed by atoms with Crippen LogP contribution in [0, 0.1) is 12.7 Å². The van der Waals surface area contributed by atoms with Crippen molar-refractivity contribution in [3.8, 4) is 0 Å². The van der Waals surface area contributed by atoms with Crippen molar-refractivity contribution in [2.24, 2.45) is 5.73 Å². The molecule has 4 heteroatoms. The van der Waals surface area contributed by atoms with Crippen molar-refractivity contribution in [3.63, 3.8) is 0 Å². The summed E-state index contributed by atoms with van der Waals surface area (Å²) in [4.78, 5) is 7.99. The zero-order chi connectivity index (χ0) is 11.5. The average molecular weight is 217 g/mol. The Balaban J connectivity index is 2.39. The molecule has 2 aromatic rings. The molecule has 82 valence electrons. The molecule has 0 saturated carbocycles. The molecule has 0 spiro atoms. The zero-order valence-corrected chi connectivity index (χ0v) is 8.89. The molecule has 0 aliphatic rings. The van der Waals surface area contributed by atoms with Crippen LogP contribution in [0.3, 0.4) is 0 Å². The predicted octanol–water partition coefficient (Wildman–Crippen LogP) is 1.97. The quantitative estimate of drug-likeness (QED) is 0.836. The fourth-order valence-corrected chi connectivity index (χ4v) is 1.53. The van der Waals surface area contributed by atoms with Gasteiger partial charge in [-0.05, 0) is 30.2 Å². The van der Waals surface area contributed by atoms with E-state index in [0.29, 0.717) is 0 Å². The third-order valence-electron chi connectivity index (χ3n) is 2.34. The van der Waals surface area contributed by atoms with Gasteiger partial charge in [-0.2, -0.15) is 0 Å². The van der Waals surface area contributed by atoms with Crippen LogP contribution in [0.25, 0.3) is 0 Å². The number of pyridine rings is 2. The number of nitrogens with zero attached hydrogens (tertiary/aromatic N) is 2. The molecule has 16 heavy (non-hydrogen) atoms. The normalized spacial score (nSPS) is 12.4. The standard InChI is InChI=1S/C12H12FN3/c1-8-5-9(7-15-6-8)11(14)12-10(13)3-2-4-16-12/h2-7,11H,14H2,1H3. The average Bonchev–Trinajstić information content (AvgIpc) is 2.29. The number of hydrogen-bond donors (Lipinski definition) is 1. The summed E-state index contributed by atoms with van der Waals surface area (Å²) < 4.78 is 13.5. The number of nitrogens with two attached hydrogens (primary N) is 1. The van der Waals surface area contributed by atoms with Crippen LogP contribution in [0.1, 0.15) is 22.9 Å². The van der Waals surface area contributed by atoms with Gasteiger partial charge in [-0.25, -0.2) is 4.39 Å². The molecule has 2 heterocycles. The molecule has 0 aromatic carbocycles. The predicted molar refractivity (Wildman–Crippen MR) is 59.2 cm³/mol. The maximum Gasteiger partial charge on any atom is 0.146 e. The topological polar surface area (TPSA) is 51.8 Å². The van der Waals surface area contributed by atoms with Crippen LogP contribution in [0.2, 0.25) is 0 Å². The summed E-state index contributed by atoms with van der Waals surface area (Å²) >= 11 is 0. The first-order valence-electron chi connectivity index (χ1n) is 4.96. The summed E-state index contributed by atoms with van der Waals surface area (Å²) in [6.07, 6.45) is 4.89. The van der Waals surface area contributed by atoms with Gasteiger partial charge in [0.1, 0.15) is 5.82 Å². The summed E-state index contributed by atoms with van der Waals surface area (Å²) in [6.45, 7) is 1.91. The Kier molecular flexibility index (Phi) is 2.92. The molecule has 1 atom stereocenters. The molecule has 0 saturated heterocycles. The van der Waals surface area contributed by atoms with Gasteiger partial charge in [0.25, 0.3) is 0 Å². The summed E-state index contributed by atoms with van der Waals surface area (Å²) in [7, 11) is 0. The van der Waals surface area contributed by atoms with Crippen LogP contribution >= 0.6 is 0 Å². The first-order valence-corrected chi connectivity index (χ1v) is 4.96. The lowest BCUT2D eigenvalue weighted by Crippen LogP contribution is -2.15. The Labute approximate surface area is 93.2 Å². The van der Waals surface area contributed by atoms with Crippen LogP contribution in [0.5, 0.6) is 0 Å². The molecular formula is C12H12FN3. The van der Waals surface area contributed by atoms with Gasteiger partial charge in [0.2, 0.25) is 0 Å². The largest absolute Gasteiger partial charge is 0.319 e. The SMILES string of the molecule is Cc1cncc(C(N)c2ncccc2F)c1. The lowest BCUT2D eigenvalue weighted by atomic mass is 10.0. The summed E-state index contributed by atoms with van der Waals surface area (Å²) in [6, 6.07) is 4.20. The molecule has 0 aliphatic carbocycles. The van der Waals surface area contributed by atoms with Crippen LogP contribution in [0.15, 0.2) is 36.8 Å². The van der Waals surface area contributed by atoms with Crippen molar-refractivity contribution in [3.05, 3.63) is 59.4 Å². The summed E-state index contributed by atoms with van der Waals surface area (Å²) in [5, 5.41) is 0. The molecular weight excluding hydrogens is 205 g/mol. The molecule has 2 aromatic heterocycles. The van der Waals surface area contributed by atoms with Gasteiger partial charge in [0.05, 0.1) is 11.7 Å². The van der Waals surface area contributed by atoms with Gasteiger partial charge < -0.3 is 5.73 Å². The molecule has 2 rings (SSSR count). The minimum Gasteiger partial charge on any atom is -0.319 e. The molecule has 0 aliphatic heterocycles. The Morgan fingerprint density at radius 3 is 2.88 bits per heavy atom. The summed E-state index contributed by atoms with van der Waals surface area (Å²) in [5.41, 5.74) is 7.94. The van der Waals surface area contributed by atoms with E-state index in [9.17, 15) is 4.39 Å². The van der Waals surface area contributed by atoms with Crippen molar-refractivity contribution in [2.45, 2.75) is 13.0 Å². The van der Waals surface area contributed by atoms with E-state index >= 15 is 0 Å². The second kappa shape index (κ2) is 4.37. The van der Waals surface area contributed by atoms with Gasteiger partial charge in [0, 0.05) is 18.6 Å². The van der Waals surface area contributed by atoms with Gasteiger partial charge in [0.15, 0.2) is 0 Å². The Morgan fingerprint density at radius 1 is 1.38 bits per heavy atom. The molecule has 0 fully saturated rings. The van der Waals surface area contributed by atoms with Gasteiger partial charge in [-0.1, -0.05) is 6.07 Å². The van der Waals surface area contributed by atoms with Crippen molar-refractivity contribution in [1.82, 2.24) is 9.97 Å². The second-order valence-electron chi connectivity index (χ2n) is 3.64. The molecule has 1 unspecified atom stereocenters. The minimum atomic E-state index is -0.575. The highest BCUT2D eigenvalue weighted by molar-refractivity contribution is 5.27. The van der Waals surface area contributed by atoms with E-state index in [1.807, 2.05) is 13.0 Å². The maximum absolute atomic E-state index is 13.5. The van der Waals surface area contributed by atoms with E-state index in [2.05, 4.69) is 9.97 Å². The van der Waals surface area contributed by atoms with Crippen molar-refractivity contribution in [1.29, 1.82) is 0 Å². The fraction of sp³-hybridized carbons (Fsp3) is 0.167. The van der Waals surface area contributed by atoms with Crippen LogP contribution in [-0.2, 0) is 0 Å².